The van der Waals surface area contributed by atoms with Crippen molar-refractivity contribution in [1.29, 1.82) is 0 Å². The molecular formula is C16H21BN2+. The molecule has 2 nitrogen and oxygen atoms in total. The van der Waals surface area contributed by atoms with Crippen LogP contribution in [0.5, 0.6) is 0 Å². The maximum absolute atomic E-state index is 2.35. The van der Waals surface area contributed by atoms with Crippen molar-refractivity contribution in [3.05, 3.63) is 39.4 Å². The van der Waals surface area contributed by atoms with Crippen molar-refractivity contribution in [3.63, 3.8) is 0 Å². The predicted octanol–water partition coefficient (Wildman–Crippen LogP) is 3.36. The molecule has 2 aliphatic heterocycles. The van der Waals surface area contributed by atoms with Gasteiger partial charge in [-0.1, -0.05) is 0 Å². The van der Waals surface area contributed by atoms with Crippen LogP contribution in [-0.2, 0) is 0 Å². The number of aromatic nitrogens is 1. The van der Waals surface area contributed by atoms with Crippen LogP contribution in [0.3, 0.4) is 0 Å². The molecular weight excluding hydrogens is 231 g/mol. The van der Waals surface area contributed by atoms with E-state index >= 15 is 0 Å². The Hall–Kier alpha value is -1.51. The predicted molar refractivity (Wildman–Crippen MR) is 81.7 cm³/mol. The second-order valence-corrected chi connectivity index (χ2v) is 5.85. The van der Waals surface area contributed by atoms with Gasteiger partial charge in [-0.2, -0.15) is 0 Å². The van der Waals surface area contributed by atoms with E-state index in [1.165, 1.54) is 50.6 Å². The molecule has 1 aromatic rings. The lowest BCUT2D eigenvalue weighted by Gasteiger charge is -2.17. The summed E-state index contributed by atoms with van der Waals surface area (Å²) < 4.78 is 4.69. The Morgan fingerprint density at radius 1 is 0.789 bits per heavy atom. The highest BCUT2D eigenvalue weighted by Crippen LogP contribution is 2.37. The van der Waals surface area contributed by atoms with Crippen LogP contribution in [0.25, 0.3) is 5.57 Å². The minimum atomic E-state index is 1.35. The number of hydrogen-bond acceptors (Lipinski definition) is 0. The molecule has 0 atom stereocenters. The third-order valence-corrected chi connectivity index (χ3v) is 5.07. The van der Waals surface area contributed by atoms with E-state index in [9.17, 15) is 0 Å². The third kappa shape index (κ3) is 1.36. The van der Waals surface area contributed by atoms with Gasteiger partial charge >= 0.3 is 7.55 Å². The molecule has 2 aliphatic rings. The molecule has 0 aromatic carbocycles. The Labute approximate surface area is 116 Å². The van der Waals surface area contributed by atoms with Gasteiger partial charge in [0.05, 0.1) is 0 Å². The van der Waals surface area contributed by atoms with Crippen LogP contribution < -0.4 is 0 Å². The van der Waals surface area contributed by atoms with Crippen molar-refractivity contribution in [2.75, 3.05) is 0 Å². The average molecular weight is 252 g/mol. The molecule has 3 rings (SSSR count). The van der Waals surface area contributed by atoms with Gasteiger partial charge in [-0.25, -0.2) is 0 Å². The largest absolute Gasteiger partial charge is 0.699 e. The number of fused-ring (bicyclic) bond motifs is 2. The lowest BCUT2D eigenvalue weighted by Crippen LogP contribution is -2.31. The molecule has 0 saturated heterocycles. The minimum absolute atomic E-state index is 1.35. The number of allylic oxidation sites excluding steroid dienone is 3. The molecule has 0 saturated carbocycles. The fourth-order valence-electron chi connectivity index (χ4n) is 3.40. The number of nitrogens with zero attached hydrogens (tertiary/aromatic N) is 2. The Morgan fingerprint density at radius 2 is 1.42 bits per heavy atom. The van der Waals surface area contributed by atoms with Crippen LogP contribution in [0, 0.1) is 20.8 Å². The van der Waals surface area contributed by atoms with E-state index in [4.69, 9.17) is 0 Å². The highest BCUT2D eigenvalue weighted by atomic mass is 15.1. The van der Waals surface area contributed by atoms with E-state index < -0.39 is 0 Å². The SMILES string of the molecule is CC1=C(C)C(C)=[N+]2[B]n3c(C)c(C)c(C)c3C(C)=C12. The molecule has 1 radical (unpaired) electrons. The summed E-state index contributed by atoms with van der Waals surface area (Å²) in [6.45, 7) is 15.6. The van der Waals surface area contributed by atoms with Gasteiger partial charge in [0, 0.05) is 35.0 Å². The molecule has 0 amide bonds. The van der Waals surface area contributed by atoms with E-state index in [1.807, 2.05) is 0 Å². The van der Waals surface area contributed by atoms with Gasteiger partial charge in [-0.05, 0) is 52.7 Å². The Balaban J connectivity index is 2.38. The Bertz CT molecular complexity index is 712. The standard InChI is InChI=1S/C16H21BN2/c1-8-10(3)15-12(5)16-11(4)9(2)14(7)19(16)17-18(15)13(8)6/h1-7H3/q+1. The van der Waals surface area contributed by atoms with Crippen LogP contribution in [-0.4, -0.2) is 22.2 Å². The first-order valence-electron chi connectivity index (χ1n) is 6.91. The van der Waals surface area contributed by atoms with Crippen molar-refractivity contribution >= 4 is 18.8 Å². The van der Waals surface area contributed by atoms with E-state index in [0.717, 1.165) is 0 Å². The summed E-state index contributed by atoms with van der Waals surface area (Å²) >= 11 is 0. The summed E-state index contributed by atoms with van der Waals surface area (Å²) in [5, 5.41) is 0. The zero-order valence-corrected chi connectivity index (χ0v) is 13.0. The summed E-state index contributed by atoms with van der Waals surface area (Å²) in [7, 11) is 2.25. The average Bonchev–Trinajstić information content (AvgIpc) is 2.73. The smallest absolute Gasteiger partial charge is 0.322 e. The van der Waals surface area contributed by atoms with Gasteiger partial charge in [-0.15, -0.1) is 0 Å². The van der Waals surface area contributed by atoms with Crippen LogP contribution >= 0.6 is 0 Å². The van der Waals surface area contributed by atoms with E-state index in [1.54, 1.807) is 0 Å². The number of rotatable bonds is 0. The van der Waals surface area contributed by atoms with Crippen molar-refractivity contribution in [2.24, 2.45) is 0 Å². The van der Waals surface area contributed by atoms with Gasteiger partial charge in [-0.3, -0.25) is 4.49 Å². The maximum Gasteiger partial charge on any atom is 0.699 e. The highest BCUT2D eigenvalue weighted by molar-refractivity contribution is 6.29. The molecule has 3 heterocycles. The van der Waals surface area contributed by atoms with Crippen LogP contribution in [0.2, 0.25) is 0 Å². The molecule has 0 N–H and O–H groups in total. The number of hydrogen-bond donors (Lipinski definition) is 0. The third-order valence-electron chi connectivity index (χ3n) is 5.07. The molecule has 19 heavy (non-hydrogen) atoms. The fraction of sp³-hybridized carbons (Fsp3) is 0.438. The van der Waals surface area contributed by atoms with Gasteiger partial charge < -0.3 is 4.48 Å². The zero-order chi connectivity index (χ0) is 14.1. The van der Waals surface area contributed by atoms with E-state index in [-0.39, 0.29) is 0 Å². The van der Waals surface area contributed by atoms with Gasteiger partial charge in [0.15, 0.2) is 11.4 Å². The second-order valence-electron chi connectivity index (χ2n) is 5.85. The Morgan fingerprint density at radius 3 is 2.05 bits per heavy atom. The summed E-state index contributed by atoms with van der Waals surface area (Å²) in [5.41, 5.74) is 12.5. The van der Waals surface area contributed by atoms with Crippen LogP contribution in [0.1, 0.15) is 50.2 Å². The Kier molecular flexibility index (Phi) is 2.47. The summed E-state index contributed by atoms with van der Waals surface area (Å²) in [6, 6.07) is 0. The first kappa shape index (κ1) is 12.5. The molecule has 0 fully saturated rings. The quantitative estimate of drug-likeness (QED) is 0.625. The molecule has 0 aliphatic carbocycles. The monoisotopic (exact) mass is 252 g/mol. The molecule has 3 heteroatoms. The second kappa shape index (κ2) is 3.75. The van der Waals surface area contributed by atoms with E-state index in [2.05, 4.69) is 65.0 Å². The highest BCUT2D eigenvalue weighted by Gasteiger charge is 2.40. The lowest BCUT2D eigenvalue weighted by molar-refractivity contribution is -0.315. The maximum atomic E-state index is 2.35. The summed E-state index contributed by atoms with van der Waals surface area (Å²) in [6.07, 6.45) is 0. The van der Waals surface area contributed by atoms with E-state index in [0.29, 0.717) is 0 Å². The lowest BCUT2D eigenvalue weighted by atomic mass is 9.94. The fourth-order valence-corrected chi connectivity index (χ4v) is 3.40. The summed E-state index contributed by atoms with van der Waals surface area (Å²) in [5.74, 6) is 0. The molecule has 0 bridgehead atoms. The zero-order valence-electron chi connectivity index (χ0n) is 13.0. The molecule has 1 aromatic heterocycles. The molecule has 97 valence electrons. The van der Waals surface area contributed by atoms with Crippen LogP contribution in [0.15, 0.2) is 16.8 Å². The first-order valence-corrected chi connectivity index (χ1v) is 6.91. The first-order chi connectivity index (χ1) is 8.86. The summed E-state index contributed by atoms with van der Waals surface area (Å²) in [4.78, 5) is 0. The van der Waals surface area contributed by atoms with Crippen molar-refractivity contribution in [1.82, 2.24) is 4.48 Å². The van der Waals surface area contributed by atoms with Gasteiger partial charge in [0.25, 0.3) is 0 Å². The van der Waals surface area contributed by atoms with Crippen molar-refractivity contribution in [3.8, 4) is 0 Å². The topological polar surface area (TPSA) is 7.94 Å². The van der Waals surface area contributed by atoms with Crippen LogP contribution in [0.4, 0.5) is 0 Å². The van der Waals surface area contributed by atoms with Crippen molar-refractivity contribution in [2.45, 2.75) is 48.5 Å². The van der Waals surface area contributed by atoms with Crippen molar-refractivity contribution < 1.29 is 4.49 Å². The van der Waals surface area contributed by atoms with Gasteiger partial charge in [0.1, 0.15) is 0 Å². The molecule has 0 unspecified atom stereocenters. The molecule has 0 spiro atoms. The minimum Gasteiger partial charge on any atom is -0.322 e. The normalized spacial score (nSPS) is 18.1. The van der Waals surface area contributed by atoms with Gasteiger partial charge in [0.2, 0.25) is 0 Å².